The Morgan fingerprint density at radius 2 is 1.72 bits per heavy atom. The lowest BCUT2D eigenvalue weighted by atomic mass is 9.81. The number of ether oxygens (including phenoxy) is 1. The molecule has 2 amide bonds. The van der Waals surface area contributed by atoms with Crippen LogP contribution in [-0.2, 0) is 10.3 Å². The second kappa shape index (κ2) is 9.67. The van der Waals surface area contributed by atoms with Crippen LogP contribution in [0, 0.1) is 5.92 Å². The molecule has 0 spiro atoms. The van der Waals surface area contributed by atoms with Crippen LogP contribution in [0.2, 0.25) is 0 Å². The maximum absolute atomic E-state index is 12.8. The average Bonchev–Trinajstić information content (AvgIpc) is 3.13. The number of hydrogen-bond acceptors (Lipinski definition) is 5. The molecule has 2 unspecified atom stereocenters. The lowest BCUT2D eigenvalue weighted by molar-refractivity contribution is 0.0277. The predicted molar refractivity (Wildman–Crippen MR) is 126 cm³/mol. The highest BCUT2D eigenvalue weighted by molar-refractivity contribution is 7.80. The van der Waals surface area contributed by atoms with Gasteiger partial charge in [0, 0.05) is 18.0 Å². The number of likely N-dealkylation sites (tertiary alicyclic amines) is 1. The first kappa shape index (κ1) is 23.7. The van der Waals surface area contributed by atoms with Gasteiger partial charge in [0.05, 0.1) is 18.7 Å². The summed E-state index contributed by atoms with van der Waals surface area (Å²) in [6.07, 6.45) is -0.463. The fraction of sp³-hybridized carbons (Fsp3) is 0.375. The number of benzene rings is 2. The zero-order valence-electron chi connectivity index (χ0n) is 18.5. The van der Waals surface area contributed by atoms with Gasteiger partial charge in [0.2, 0.25) is 0 Å². The SMILES string of the molecule is CC(C)(C)OC(=O)N1CC(CO)C(NC(=S)NC(=O)c2ccccc2)(c2ccccc2)C1. The van der Waals surface area contributed by atoms with Crippen LogP contribution < -0.4 is 10.6 Å². The van der Waals surface area contributed by atoms with Crippen molar-refractivity contribution in [3.8, 4) is 0 Å². The zero-order chi connectivity index (χ0) is 23.4. The van der Waals surface area contributed by atoms with E-state index >= 15 is 0 Å². The van der Waals surface area contributed by atoms with Crippen molar-refractivity contribution in [2.45, 2.75) is 31.9 Å². The average molecular weight is 456 g/mol. The van der Waals surface area contributed by atoms with E-state index in [0.29, 0.717) is 5.56 Å². The van der Waals surface area contributed by atoms with E-state index < -0.39 is 17.2 Å². The number of rotatable bonds is 4. The number of nitrogens with zero attached hydrogens (tertiary/aromatic N) is 1. The minimum absolute atomic E-state index is 0.118. The molecular formula is C24H29N3O4S. The van der Waals surface area contributed by atoms with Gasteiger partial charge in [0.15, 0.2) is 5.11 Å². The van der Waals surface area contributed by atoms with Gasteiger partial charge in [-0.1, -0.05) is 48.5 Å². The van der Waals surface area contributed by atoms with Crippen LogP contribution in [-0.4, -0.2) is 52.4 Å². The van der Waals surface area contributed by atoms with E-state index in [2.05, 4.69) is 10.6 Å². The predicted octanol–water partition coefficient (Wildman–Crippen LogP) is 3.05. The third kappa shape index (κ3) is 5.44. The van der Waals surface area contributed by atoms with Crippen molar-refractivity contribution in [2.24, 2.45) is 5.92 Å². The van der Waals surface area contributed by atoms with Crippen LogP contribution in [0.1, 0.15) is 36.7 Å². The Labute approximate surface area is 193 Å². The normalized spacial score (nSPS) is 20.5. The summed E-state index contributed by atoms with van der Waals surface area (Å²) < 4.78 is 5.55. The highest BCUT2D eigenvalue weighted by Crippen LogP contribution is 2.37. The number of aliphatic hydroxyl groups is 1. The van der Waals surface area contributed by atoms with Crippen molar-refractivity contribution >= 4 is 29.3 Å². The molecule has 0 aliphatic carbocycles. The Hall–Kier alpha value is -2.97. The first-order chi connectivity index (χ1) is 15.1. The zero-order valence-corrected chi connectivity index (χ0v) is 19.3. The van der Waals surface area contributed by atoms with Crippen LogP contribution in [0.3, 0.4) is 0 Å². The number of hydrogen-bond donors (Lipinski definition) is 3. The Bertz CT molecular complexity index is 962. The Morgan fingerprint density at radius 3 is 2.28 bits per heavy atom. The third-order valence-corrected chi connectivity index (χ3v) is 5.54. The molecule has 3 N–H and O–H groups in total. The number of carbonyl (C=O) groups is 2. The lowest BCUT2D eigenvalue weighted by Crippen LogP contribution is -2.56. The van der Waals surface area contributed by atoms with E-state index in [0.717, 1.165) is 5.56 Å². The molecule has 0 aromatic heterocycles. The van der Waals surface area contributed by atoms with Crippen LogP contribution in [0.5, 0.6) is 0 Å². The minimum Gasteiger partial charge on any atom is -0.444 e. The molecule has 8 heteroatoms. The Kier molecular flexibility index (Phi) is 7.16. The molecule has 2 aromatic carbocycles. The monoisotopic (exact) mass is 455 g/mol. The van der Waals surface area contributed by atoms with Crippen molar-refractivity contribution in [3.05, 3.63) is 71.8 Å². The van der Waals surface area contributed by atoms with Crippen LogP contribution in [0.25, 0.3) is 0 Å². The van der Waals surface area contributed by atoms with Gasteiger partial charge in [-0.15, -0.1) is 0 Å². The van der Waals surface area contributed by atoms with E-state index in [9.17, 15) is 14.7 Å². The largest absolute Gasteiger partial charge is 0.444 e. The highest BCUT2D eigenvalue weighted by atomic mass is 32.1. The quantitative estimate of drug-likeness (QED) is 0.614. The van der Waals surface area contributed by atoms with Crippen LogP contribution in [0.15, 0.2) is 60.7 Å². The molecule has 1 aliphatic heterocycles. The van der Waals surface area contributed by atoms with Gasteiger partial charge in [-0.2, -0.15) is 0 Å². The molecule has 0 saturated carbocycles. The summed E-state index contributed by atoms with van der Waals surface area (Å²) >= 11 is 5.47. The molecular weight excluding hydrogens is 426 g/mol. The molecule has 0 radical (unpaired) electrons. The Balaban J connectivity index is 1.87. The maximum Gasteiger partial charge on any atom is 0.410 e. The maximum atomic E-state index is 12.8. The van der Waals surface area contributed by atoms with Crippen molar-refractivity contribution in [3.63, 3.8) is 0 Å². The lowest BCUT2D eigenvalue weighted by Gasteiger charge is -2.36. The summed E-state index contributed by atoms with van der Waals surface area (Å²) in [6, 6.07) is 18.2. The van der Waals surface area contributed by atoms with E-state index in [-0.39, 0.29) is 36.6 Å². The molecule has 3 rings (SSSR count). The molecule has 1 saturated heterocycles. The molecule has 0 bridgehead atoms. The third-order valence-electron chi connectivity index (χ3n) is 5.34. The summed E-state index contributed by atoms with van der Waals surface area (Å²) in [7, 11) is 0. The molecule has 32 heavy (non-hydrogen) atoms. The number of aliphatic hydroxyl groups excluding tert-OH is 1. The van der Waals surface area contributed by atoms with Crippen molar-refractivity contribution in [2.75, 3.05) is 19.7 Å². The van der Waals surface area contributed by atoms with Crippen LogP contribution >= 0.6 is 12.2 Å². The molecule has 7 nitrogen and oxygen atoms in total. The fourth-order valence-corrected chi connectivity index (χ4v) is 4.15. The topological polar surface area (TPSA) is 90.9 Å². The number of nitrogens with one attached hydrogen (secondary N) is 2. The standard InChI is InChI=1S/C24H29N3O4S/c1-23(2,3)31-22(30)27-14-19(15-28)24(16-27,18-12-8-5-9-13-18)26-21(32)25-20(29)17-10-6-4-7-11-17/h4-13,19,28H,14-16H2,1-3H3,(H2,25,26,29,32). The smallest absolute Gasteiger partial charge is 0.410 e. The molecule has 2 aromatic rings. The first-order valence-electron chi connectivity index (χ1n) is 10.5. The van der Waals surface area contributed by atoms with Gasteiger partial charge in [-0.25, -0.2) is 4.79 Å². The summed E-state index contributed by atoms with van der Waals surface area (Å²) in [5, 5.41) is 16.3. The second-order valence-electron chi connectivity index (χ2n) is 8.85. The van der Waals surface area contributed by atoms with Crippen molar-refractivity contribution in [1.82, 2.24) is 15.5 Å². The van der Waals surface area contributed by atoms with Gasteiger partial charge in [0.25, 0.3) is 5.91 Å². The van der Waals surface area contributed by atoms with Crippen LogP contribution in [0.4, 0.5) is 4.79 Å². The molecule has 170 valence electrons. The minimum atomic E-state index is -0.895. The summed E-state index contributed by atoms with van der Waals surface area (Å²) in [6.45, 7) is 5.74. The van der Waals surface area contributed by atoms with Crippen molar-refractivity contribution < 1.29 is 19.4 Å². The molecule has 1 heterocycles. The van der Waals surface area contributed by atoms with E-state index in [1.807, 2.05) is 36.4 Å². The number of carbonyl (C=O) groups excluding carboxylic acids is 2. The summed E-state index contributed by atoms with van der Waals surface area (Å²) in [5.74, 6) is -0.710. The molecule has 2 atom stereocenters. The van der Waals surface area contributed by atoms with E-state index in [4.69, 9.17) is 17.0 Å². The number of amides is 2. The van der Waals surface area contributed by atoms with Gasteiger partial charge < -0.3 is 20.1 Å². The van der Waals surface area contributed by atoms with Crippen molar-refractivity contribution in [1.29, 1.82) is 0 Å². The first-order valence-corrected chi connectivity index (χ1v) is 10.9. The number of thiocarbonyl (C=S) groups is 1. The van der Waals surface area contributed by atoms with Gasteiger partial charge in [0.1, 0.15) is 5.60 Å². The summed E-state index contributed by atoms with van der Waals surface area (Å²) in [4.78, 5) is 26.9. The molecule has 1 fully saturated rings. The van der Waals surface area contributed by atoms with Gasteiger partial charge in [-0.05, 0) is 50.7 Å². The Morgan fingerprint density at radius 1 is 1.12 bits per heavy atom. The molecule has 1 aliphatic rings. The van der Waals surface area contributed by atoms with E-state index in [1.165, 1.54) is 0 Å². The summed E-state index contributed by atoms with van der Waals surface area (Å²) in [5.41, 5.74) is -0.211. The van der Waals surface area contributed by atoms with Gasteiger partial charge in [-0.3, -0.25) is 10.1 Å². The van der Waals surface area contributed by atoms with Gasteiger partial charge >= 0.3 is 6.09 Å². The highest BCUT2D eigenvalue weighted by Gasteiger charge is 2.50. The van der Waals surface area contributed by atoms with E-state index in [1.54, 1.807) is 49.9 Å². The fourth-order valence-electron chi connectivity index (χ4n) is 3.87. The second-order valence-corrected chi connectivity index (χ2v) is 9.26.